The van der Waals surface area contributed by atoms with Crippen LogP contribution >= 0.6 is 0 Å². The molecule has 96 valence electrons. The third kappa shape index (κ3) is 3.72. The third-order valence-corrected chi connectivity index (χ3v) is 3.08. The lowest BCUT2D eigenvalue weighted by Gasteiger charge is -2.27. The predicted molar refractivity (Wildman–Crippen MR) is 73.3 cm³/mol. The maximum Gasteiger partial charge on any atom is 0.0447 e. The van der Waals surface area contributed by atoms with Gasteiger partial charge in [0, 0.05) is 31.4 Å². The molecule has 1 aromatic carbocycles. The average Bonchev–Trinajstić information content (AvgIpc) is 2.39. The first-order valence-corrected chi connectivity index (χ1v) is 6.44. The Kier molecular flexibility index (Phi) is 6.01. The molecule has 1 rings (SSSR count). The van der Waals surface area contributed by atoms with Gasteiger partial charge in [-0.3, -0.25) is 0 Å². The normalized spacial score (nSPS) is 12.5. The molecule has 0 amide bonds. The summed E-state index contributed by atoms with van der Waals surface area (Å²) in [6, 6.07) is 8.39. The Morgan fingerprint density at radius 1 is 1.29 bits per heavy atom. The molecule has 0 aromatic heterocycles. The lowest BCUT2D eigenvalue weighted by Crippen LogP contribution is -2.27. The minimum atomic E-state index is 0.0920. The number of aliphatic hydroxyl groups is 1. The van der Waals surface area contributed by atoms with Crippen LogP contribution in [0.5, 0.6) is 0 Å². The SMILES string of the molecule is CC[C@@H](N)c1ccccc1N(CC)CCCO. The van der Waals surface area contributed by atoms with Gasteiger partial charge in [0.25, 0.3) is 0 Å². The number of benzene rings is 1. The zero-order valence-electron chi connectivity index (χ0n) is 10.9. The molecule has 3 nitrogen and oxygen atoms in total. The summed E-state index contributed by atoms with van der Waals surface area (Å²) in [6.07, 6.45) is 1.73. The van der Waals surface area contributed by atoms with E-state index in [9.17, 15) is 0 Å². The van der Waals surface area contributed by atoms with Crippen LogP contribution in [0.25, 0.3) is 0 Å². The number of nitrogens with two attached hydrogens (primary N) is 1. The van der Waals surface area contributed by atoms with E-state index < -0.39 is 0 Å². The summed E-state index contributed by atoms with van der Waals surface area (Å²) in [6.45, 7) is 6.28. The fourth-order valence-electron chi connectivity index (χ4n) is 2.02. The lowest BCUT2D eigenvalue weighted by atomic mass is 10.0. The first-order chi connectivity index (χ1) is 8.24. The number of anilines is 1. The van der Waals surface area contributed by atoms with Crippen LogP contribution in [0.2, 0.25) is 0 Å². The van der Waals surface area contributed by atoms with Crippen molar-refractivity contribution in [3.8, 4) is 0 Å². The van der Waals surface area contributed by atoms with Crippen molar-refractivity contribution in [3.63, 3.8) is 0 Å². The van der Waals surface area contributed by atoms with Gasteiger partial charge >= 0.3 is 0 Å². The van der Waals surface area contributed by atoms with Crippen LogP contribution in [0.15, 0.2) is 24.3 Å². The van der Waals surface area contributed by atoms with Crippen molar-refractivity contribution in [2.24, 2.45) is 5.73 Å². The van der Waals surface area contributed by atoms with E-state index in [1.807, 2.05) is 12.1 Å². The maximum atomic E-state index is 8.93. The van der Waals surface area contributed by atoms with E-state index in [4.69, 9.17) is 10.8 Å². The zero-order valence-corrected chi connectivity index (χ0v) is 10.9. The summed E-state index contributed by atoms with van der Waals surface area (Å²) in [7, 11) is 0. The van der Waals surface area contributed by atoms with Crippen LogP contribution < -0.4 is 10.6 Å². The monoisotopic (exact) mass is 236 g/mol. The molecule has 0 saturated heterocycles. The van der Waals surface area contributed by atoms with Crippen LogP contribution in [0.3, 0.4) is 0 Å². The number of rotatable bonds is 7. The van der Waals surface area contributed by atoms with Crippen LogP contribution in [0.4, 0.5) is 5.69 Å². The zero-order chi connectivity index (χ0) is 12.7. The molecular formula is C14H24N2O. The molecule has 3 N–H and O–H groups in total. The molecule has 17 heavy (non-hydrogen) atoms. The molecule has 0 aliphatic heterocycles. The Labute approximate surface area is 104 Å². The Hall–Kier alpha value is -1.06. The maximum absolute atomic E-state index is 8.93. The largest absolute Gasteiger partial charge is 0.396 e. The minimum absolute atomic E-state index is 0.0920. The van der Waals surface area contributed by atoms with E-state index in [1.54, 1.807) is 0 Å². The first kappa shape index (κ1) is 14.0. The van der Waals surface area contributed by atoms with Crippen molar-refractivity contribution in [1.82, 2.24) is 0 Å². The first-order valence-electron chi connectivity index (χ1n) is 6.44. The number of aliphatic hydroxyl groups excluding tert-OH is 1. The summed E-state index contributed by atoms with van der Waals surface area (Å²) in [4.78, 5) is 2.28. The molecule has 0 heterocycles. The highest BCUT2D eigenvalue weighted by Crippen LogP contribution is 2.26. The molecule has 0 spiro atoms. The van der Waals surface area contributed by atoms with Crippen molar-refractivity contribution < 1.29 is 5.11 Å². The Bertz CT molecular complexity index is 328. The van der Waals surface area contributed by atoms with Gasteiger partial charge < -0.3 is 15.7 Å². The van der Waals surface area contributed by atoms with E-state index in [0.29, 0.717) is 0 Å². The molecule has 0 aliphatic rings. The molecule has 0 saturated carbocycles. The molecular weight excluding hydrogens is 212 g/mol. The average molecular weight is 236 g/mol. The summed E-state index contributed by atoms with van der Waals surface area (Å²) >= 11 is 0. The molecule has 3 heteroatoms. The van der Waals surface area contributed by atoms with E-state index in [2.05, 4.69) is 30.9 Å². The van der Waals surface area contributed by atoms with E-state index in [1.165, 1.54) is 11.3 Å². The van der Waals surface area contributed by atoms with Gasteiger partial charge in [-0.2, -0.15) is 0 Å². The number of nitrogens with zero attached hydrogens (tertiary/aromatic N) is 1. The number of hydrogen-bond acceptors (Lipinski definition) is 3. The van der Waals surface area contributed by atoms with Gasteiger partial charge in [0.15, 0.2) is 0 Å². The van der Waals surface area contributed by atoms with Crippen LogP contribution in [0, 0.1) is 0 Å². The molecule has 0 bridgehead atoms. The Balaban J connectivity index is 2.93. The second-order valence-electron chi connectivity index (χ2n) is 4.23. The highest BCUT2D eigenvalue weighted by atomic mass is 16.3. The molecule has 0 fully saturated rings. The molecule has 0 unspecified atom stereocenters. The lowest BCUT2D eigenvalue weighted by molar-refractivity contribution is 0.289. The summed E-state index contributed by atoms with van der Waals surface area (Å²) in [5.74, 6) is 0. The van der Waals surface area contributed by atoms with Crippen molar-refractivity contribution >= 4 is 5.69 Å². The highest BCUT2D eigenvalue weighted by molar-refractivity contribution is 5.54. The molecule has 1 aromatic rings. The van der Waals surface area contributed by atoms with Gasteiger partial charge in [0.2, 0.25) is 0 Å². The van der Waals surface area contributed by atoms with Gasteiger partial charge in [-0.25, -0.2) is 0 Å². The quantitative estimate of drug-likeness (QED) is 0.763. The molecule has 1 atom stereocenters. The van der Waals surface area contributed by atoms with Crippen molar-refractivity contribution in [2.75, 3.05) is 24.6 Å². The van der Waals surface area contributed by atoms with Gasteiger partial charge in [-0.05, 0) is 31.4 Å². The summed E-state index contributed by atoms with van der Waals surface area (Å²) in [5.41, 5.74) is 8.55. The van der Waals surface area contributed by atoms with E-state index in [-0.39, 0.29) is 12.6 Å². The van der Waals surface area contributed by atoms with E-state index in [0.717, 1.165) is 25.9 Å². The second-order valence-corrected chi connectivity index (χ2v) is 4.23. The fraction of sp³-hybridized carbons (Fsp3) is 0.571. The van der Waals surface area contributed by atoms with Gasteiger partial charge in [-0.1, -0.05) is 25.1 Å². The number of para-hydroxylation sites is 1. The van der Waals surface area contributed by atoms with E-state index >= 15 is 0 Å². The number of hydrogen-bond donors (Lipinski definition) is 2. The summed E-state index contributed by atoms with van der Waals surface area (Å²) in [5, 5.41) is 8.93. The predicted octanol–water partition coefficient (Wildman–Crippen LogP) is 2.31. The minimum Gasteiger partial charge on any atom is -0.396 e. The third-order valence-electron chi connectivity index (χ3n) is 3.08. The fourth-order valence-corrected chi connectivity index (χ4v) is 2.02. The van der Waals surface area contributed by atoms with Crippen molar-refractivity contribution in [3.05, 3.63) is 29.8 Å². The smallest absolute Gasteiger partial charge is 0.0447 e. The van der Waals surface area contributed by atoms with Gasteiger partial charge in [-0.15, -0.1) is 0 Å². The standard InChI is InChI=1S/C14H24N2O/c1-3-13(15)12-8-5-6-9-14(12)16(4-2)10-7-11-17/h5-6,8-9,13,17H,3-4,7,10-11,15H2,1-2H3/t13-/m1/s1. The summed E-state index contributed by atoms with van der Waals surface area (Å²) < 4.78 is 0. The van der Waals surface area contributed by atoms with Crippen LogP contribution in [0.1, 0.15) is 38.3 Å². The molecule has 0 radical (unpaired) electrons. The highest BCUT2D eigenvalue weighted by Gasteiger charge is 2.13. The Morgan fingerprint density at radius 3 is 2.59 bits per heavy atom. The van der Waals surface area contributed by atoms with Crippen LogP contribution in [-0.2, 0) is 0 Å². The Morgan fingerprint density at radius 2 is 2.00 bits per heavy atom. The molecule has 0 aliphatic carbocycles. The van der Waals surface area contributed by atoms with Gasteiger partial charge in [0.05, 0.1) is 0 Å². The van der Waals surface area contributed by atoms with Gasteiger partial charge in [0.1, 0.15) is 0 Å². The van der Waals surface area contributed by atoms with Crippen molar-refractivity contribution in [2.45, 2.75) is 32.7 Å². The topological polar surface area (TPSA) is 49.5 Å². The van der Waals surface area contributed by atoms with Crippen molar-refractivity contribution in [1.29, 1.82) is 0 Å². The second kappa shape index (κ2) is 7.30. The van der Waals surface area contributed by atoms with Crippen LogP contribution in [-0.4, -0.2) is 24.8 Å².